The zero-order valence-electron chi connectivity index (χ0n) is 16.7. The zero-order chi connectivity index (χ0) is 22.1. The molecule has 3 rings (SSSR count). The molecule has 3 aromatic rings. The minimum atomic E-state index is -4.42. The van der Waals surface area contributed by atoms with Crippen molar-refractivity contribution in [3.05, 3.63) is 65.7 Å². The molecule has 0 fully saturated rings. The number of rotatable bonds is 4. The molecule has 0 heterocycles. The SMILES string of the molecule is CC(=O)Nc1cc(-c2ccc(C(F)(F)F)cc2)c2ccc(C(=O)NC(C)C)cc2c1. The molecule has 0 saturated carbocycles. The highest BCUT2D eigenvalue weighted by Gasteiger charge is 2.30. The molecule has 0 spiro atoms. The fourth-order valence-electron chi connectivity index (χ4n) is 3.21. The van der Waals surface area contributed by atoms with Crippen molar-refractivity contribution in [3.8, 4) is 11.1 Å². The predicted molar refractivity (Wildman–Crippen MR) is 111 cm³/mol. The van der Waals surface area contributed by atoms with Gasteiger partial charge in [0.1, 0.15) is 0 Å². The summed E-state index contributed by atoms with van der Waals surface area (Å²) in [6.07, 6.45) is -4.42. The van der Waals surface area contributed by atoms with Gasteiger partial charge in [0.25, 0.3) is 5.91 Å². The van der Waals surface area contributed by atoms with E-state index in [-0.39, 0.29) is 17.9 Å². The monoisotopic (exact) mass is 414 g/mol. The lowest BCUT2D eigenvalue weighted by Crippen LogP contribution is -2.29. The topological polar surface area (TPSA) is 58.2 Å². The molecular formula is C23H21F3N2O2. The molecule has 0 saturated heterocycles. The first kappa shape index (κ1) is 21.4. The number of carbonyl (C=O) groups excluding carboxylic acids is 2. The molecule has 0 aromatic heterocycles. The van der Waals surface area contributed by atoms with Crippen molar-refractivity contribution in [2.75, 3.05) is 5.32 Å². The van der Waals surface area contributed by atoms with Crippen molar-refractivity contribution in [1.82, 2.24) is 5.32 Å². The molecule has 2 N–H and O–H groups in total. The van der Waals surface area contributed by atoms with Gasteiger partial charge >= 0.3 is 6.18 Å². The number of hydrogen-bond acceptors (Lipinski definition) is 2. The van der Waals surface area contributed by atoms with Crippen LogP contribution in [0, 0.1) is 0 Å². The van der Waals surface area contributed by atoms with Crippen molar-refractivity contribution in [1.29, 1.82) is 0 Å². The molecule has 0 aliphatic carbocycles. The van der Waals surface area contributed by atoms with Crippen LogP contribution in [0.15, 0.2) is 54.6 Å². The molecule has 3 aromatic carbocycles. The van der Waals surface area contributed by atoms with Crippen LogP contribution >= 0.6 is 0 Å². The van der Waals surface area contributed by atoms with Crippen molar-refractivity contribution < 1.29 is 22.8 Å². The molecule has 156 valence electrons. The maximum Gasteiger partial charge on any atom is 0.416 e. The van der Waals surface area contributed by atoms with Gasteiger partial charge in [0.15, 0.2) is 0 Å². The van der Waals surface area contributed by atoms with Crippen LogP contribution in [-0.4, -0.2) is 17.9 Å². The van der Waals surface area contributed by atoms with E-state index in [1.54, 1.807) is 30.3 Å². The number of anilines is 1. The largest absolute Gasteiger partial charge is 0.416 e. The van der Waals surface area contributed by atoms with Crippen LogP contribution in [0.1, 0.15) is 36.7 Å². The third-order valence-corrected chi connectivity index (χ3v) is 4.48. The van der Waals surface area contributed by atoms with Crippen molar-refractivity contribution >= 4 is 28.3 Å². The number of carbonyl (C=O) groups is 2. The van der Waals surface area contributed by atoms with Gasteiger partial charge in [0.2, 0.25) is 5.91 Å². The van der Waals surface area contributed by atoms with Crippen LogP contribution in [0.5, 0.6) is 0 Å². The van der Waals surface area contributed by atoms with Crippen molar-refractivity contribution in [2.24, 2.45) is 0 Å². The number of hydrogen-bond donors (Lipinski definition) is 2. The van der Waals surface area contributed by atoms with E-state index in [2.05, 4.69) is 10.6 Å². The average molecular weight is 414 g/mol. The Morgan fingerprint density at radius 1 is 0.933 bits per heavy atom. The first-order valence-electron chi connectivity index (χ1n) is 9.38. The summed E-state index contributed by atoms with van der Waals surface area (Å²) < 4.78 is 38.7. The van der Waals surface area contributed by atoms with Gasteiger partial charge in [-0.15, -0.1) is 0 Å². The van der Waals surface area contributed by atoms with E-state index in [4.69, 9.17) is 0 Å². The second-order valence-corrected chi connectivity index (χ2v) is 7.34. The quantitative estimate of drug-likeness (QED) is 0.582. The highest BCUT2D eigenvalue weighted by Crippen LogP contribution is 2.35. The Kier molecular flexibility index (Phi) is 5.82. The molecule has 0 atom stereocenters. The fourth-order valence-corrected chi connectivity index (χ4v) is 3.21. The first-order valence-corrected chi connectivity index (χ1v) is 9.38. The summed E-state index contributed by atoms with van der Waals surface area (Å²) >= 11 is 0. The maximum absolute atomic E-state index is 12.9. The molecule has 0 aliphatic heterocycles. The molecule has 0 unspecified atom stereocenters. The predicted octanol–water partition coefficient (Wildman–Crippen LogP) is 5.62. The summed E-state index contributed by atoms with van der Waals surface area (Å²) in [5.41, 5.74) is 1.43. The zero-order valence-corrected chi connectivity index (χ0v) is 16.7. The van der Waals surface area contributed by atoms with E-state index >= 15 is 0 Å². The third kappa shape index (κ3) is 4.79. The lowest BCUT2D eigenvalue weighted by molar-refractivity contribution is -0.137. The second-order valence-electron chi connectivity index (χ2n) is 7.34. The highest BCUT2D eigenvalue weighted by molar-refractivity contribution is 6.05. The average Bonchev–Trinajstić information content (AvgIpc) is 2.65. The smallest absolute Gasteiger partial charge is 0.350 e. The summed E-state index contributed by atoms with van der Waals surface area (Å²) in [5, 5.41) is 6.97. The van der Waals surface area contributed by atoms with Crippen LogP contribution in [0.3, 0.4) is 0 Å². The standard InChI is InChI=1S/C23H21F3N2O2/c1-13(2)27-22(30)16-6-9-20-17(10-16)11-19(28-14(3)29)12-21(20)15-4-7-18(8-5-15)23(24,25)26/h4-13H,1-3H3,(H,27,30)(H,28,29). The van der Waals surface area contributed by atoms with E-state index in [0.717, 1.165) is 17.5 Å². The Labute approximate surface area is 172 Å². The van der Waals surface area contributed by atoms with Gasteiger partial charge in [-0.3, -0.25) is 9.59 Å². The number of benzene rings is 3. The fraction of sp³-hybridized carbons (Fsp3) is 0.217. The number of fused-ring (bicyclic) bond motifs is 1. The van der Waals surface area contributed by atoms with E-state index in [9.17, 15) is 22.8 Å². The highest BCUT2D eigenvalue weighted by atomic mass is 19.4. The molecule has 7 heteroatoms. The lowest BCUT2D eigenvalue weighted by atomic mass is 9.95. The van der Waals surface area contributed by atoms with Crippen molar-refractivity contribution in [2.45, 2.75) is 33.0 Å². The Hall–Kier alpha value is -3.35. The molecule has 0 bridgehead atoms. The van der Waals surface area contributed by atoms with Gasteiger partial charge in [-0.25, -0.2) is 0 Å². The van der Waals surface area contributed by atoms with E-state index < -0.39 is 11.7 Å². The summed E-state index contributed by atoms with van der Waals surface area (Å²) in [7, 11) is 0. The van der Waals surface area contributed by atoms with Gasteiger partial charge in [0.05, 0.1) is 5.56 Å². The Morgan fingerprint density at radius 3 is 2.17 bits per heavy atom. The van der Waals surface area contributed by atoms with Crippen LogP contribution in [0.25, 0.3) is 21.9 Å². The second kappa shape index (κ2) is 8.18. The van der Waals surface area contributed by atoms with Crippen LogP contribution in [-0.2, 0) is 11.0 Å². The van der Waals surface area contributed by atoms with Gasteiger partial charge in [-0.05, 0) is 72.1 Å². The van der Waals surface area contributed by atoms with Crippen LogP contribution < -0.4 is 10.6 Å². The van der Waals surface area contributed by atoms with Gasteiger partial charge in [0, 0.05) is 24.2 Å². The van der Waals surface area contributed by atoms with Gasteiger partial charge in [-0.1, -0.05) is 18.2 Å². The molecular weight excluding hydrogens is 393 g/mol. The maximum atomic E-state index is 12.9. The minimum Gasteiger partial charge on any atom is -0.350 e. The third-order valence-electron chi connectivity index (χ3n) is 4.48. The summed E-state index contributed by atoms with van der Waals surface area (Å²) in [4.78, 5) is 23.9. The summed E-state index contributed by atoms with van der Waals surface area (Å²) in [6.45, 7) is 5.08. The number of alkyl halides is 3. The Bertz CT molecular complexity index is 1100. The van der Waals surface area contributed by atoms with Crippen LogP contribution in [0.4, 0.5) is 18.9 Å². The molecule has 0 radical (unpaired) electrons. The first-order chi connectivity index (χ1) is 14.0. The molecule has 4 nitrogen and oxygen atoms in total. The molecule has 30 heavy (non-hydrogen) atoms. The molecule has 0 aliphatic rings. The summed E-state index contributed by atoms with van der Waals surface area (Å²) in [5.74, 6) is -0.505. The lowest BCUT2D eigenvalue weighted by Gasteiger charge is -2.14. The van der Waals surface area contributed by atoms with Gasteiger partial charge < -0.3 is 10.6 Å². The number of halogens is 3. The minimum absolute atomic E-state index is 0.0263. The summed E-state index contributed by atoms with van der Waals surface area (Å²) in [6, 6.07) is 13.4. The van der Waals surface area contributed by atoms with E-state index in [1.165, 1.54) is 19.1 Å². The van der Waals surface area contributed by atoms with Crippen LogP contribution in [0.2, 0.25) is 0 Å². The van der Waals surface area contributed by atoms with Crippen molar-refractivity contribution in [3.63, 3.8) is 0 Å². The van der Waals surface area contributed by atoms with Gasteiger partial charge in [-0.2, -0.15) is 13.2 Å². The van der Waals surface area contributed by atoms with E-state index in [0.29, 0.717) is 27.8 Å². The number of nitrogens with one attached hydrogen (secondary N) is 2. The Morgan fingerprint density at radius 2 is 1.60 bits per heavy atom. The Balaban J connectivity index is 2.14. The molecule has 2 amide bonds. The number of amides is 2. The normalized spacial score (nSPS) is 11.6. The van der Waals surface area contributed by atoms with E-state index in [1.807, 2.05) is 13.8 Å².